The Bertz CT molecular complexity index is 1290. The summed E-state index contributed by atoms with van der Waals surface area (Å²) in [6.45, 7) is 3.56. The summed E-state index contributed by atoms with van der Waals surface area (Å²) in [5.74, 6) is -2.03. The van der Waals surface area contributed by atoms with E-state index >= 15 is 0 Å². The molecule has 6 atom stereocenters. The Hall–Kier alpha value is -2.65. The fourth-order valence-electron chi connectivity index (χ4n) is 6.00. The first kappa shape index (κ1) is 52.4. The van der Waals surface area contributed by atoms with Crippen LogP contribution in [0.5, 0.6) is 0 Å². The van der Waals surface area contributed by atoms with E-state index < -0.39 is 71.2 Å². The molecule has 0 amide bonds. The average Bonchev–Trinajstić information content (AvgIpc) is 3.17. The van der Waals surface area contributed by atoms with Gasteiger partial charge in [0.1, 0.15) is 36.8 Å². The zero-order valence-corrected chi connectivity index (χ0v) is 35.5. The van der Waals surface area contributed by atoms with Crippen molar-refractivity contribution in [1.82, 2.24) is 0 Å². The third-order valence-electron chi connectivity index (χ3n) is 9.33. The molecule has 0 aromatic heterocycles. The second-order valence-electron chi connectivity index (χ2n) is 14.6. The van der Waals surface area contributed by atoms with Crippen LogP contribution < -0.4 is 0 Å². The molecule has 57 heavy (non-hydrogen) atoms. The molecular formula is C44H74O12S. The number of carbonyl (C=O) groups is 2. The average molecular weight is 827 g/mol. The highest BCUT2D eigenvalue weighted by atomic mass is 32.2. The number of hydrogen-bond donors (Lipinski definition) is 4. The second kappa shape index (κ2) is 34.2. The summed E-state index contributed by atoms with van der Waals surface area (Å²) in [6.07, 6.45) is 31.2. The quantitative estimate of drug-likeness (QED) is 0.0211. The van der Waals surface area contributed by atoms with Crippen LogP contribution in [-0.2, 0) is 38.7 Å². The monoisotopic (exact) mass is 826 g/mol. The van der Waals surface area contributed by atoms with Gasteiger partial charge in [-0.3, -0.25) is 14.1 Å². The Balaban J connectivity index is 2.50. The first-order valence-corrected chi connectivity index (χ1v) is 23.0. The van der Waals surface area contributed by atoms with E-state index in [-0.39, 0.29) is 19.4 Å². The van der Waals surface area contributed by atoms with E-state index in [1.165, 1.54) is 12.8 Å². The van der Waals surface area contributed by atoms with Crippen LogP contribution in [0, 0.1) is 0 Å². The SMILES string of the molecule is CC/C=C\C/C=C\C/C=C\CCCCCCCC(=O)OC(COC(=O)CCCCCCC/C=C\C/C=C\CCCC)COC1OC(CS(=O)(=O)O)C(O)C(O)C1O. The fourth-order valence-corrected chi connectivity index (χ4v) is 6.69. The van der Waals surface area contributed by atoms with Gasteiger partial charge in [-0.1, -0.05) is 126 Å². The number of aliphatic hydroxyl groups is 3. The lowest BCUT2D eigenvalue weighted by Gasteiger charge is -2.40. The summed E-state index contributed by atoms with van der Waals surface area (Å²) in [5, 5.41) is 30.8. The molecule has 0 spiro atoms. The molecule has 4 N–H and O–H groups in total. The summed E-state index contributed by atoms with van der Waals surface area (Å²) in [4.78, 5) is 25.3. The molecule has 1 aliphatic rings. The largest absolute Gasteiger partial charge is 0.462 e. The van der Waals surface area contributed by atoms with E-state index in [0.29, 0.717) is 12.8 Å². The van der Waals surface area contributed by atoms with Gasteiger partial charge >= 0.3 is 11.9 Å². The molecular weight excluding hydrogens is 753 g/mol. The molecule has 0 saturated carbocycles. The van der Waals surface area contributed by atoms with Crippen molar-refractivity contribution in [3.05, 3.63) is 60.8 Å². The molecule has 0 aliphatic carbocycles. The van der Waals surface area contributed by atoms with Gasteiger partial charge in [0.15, 0.2) is 12.4 Å². The van der Waals surface area contributed by atoms with Crippen molar-refractivity contribution >= 4 is 22.1 Å². The van der Waals surface area contributed by atoms with Crippen LogP contribution in [0.15, 0.2) is 60.8 Å². The van der Waals surface area contributed by atoms with Crippen molar-refractivity contribution in [2.45, 2.75) is 185 Å². The van der Waals surface area contributed by atoms with Crippen molar-refractivity contribution in [3.8, 4) is 0 Å². The van der Waals surface area contributed by atoms with Gasteiger partial charge in [0.2, 0.25) is 0 Å². The molecule has 13 heteroatoms. The number of allylic oxidation sites excluding steroid dienone is 10. The predicted molar refractivity (Wildman–Crippen MR) is 224 cm³/mol. The lowest BCUT2D eigenvalue weighted by Crippen LogP contribution is -2.60. The van der Waals surface area contributed by atoms with Crippen LogP contribution in [0.4, 0.5) is 0 Å². The van der Waals surface area contributed by atoms with Gasteiger partial charge in [-0.05, 0) is 70.6 Å². The molecule has 1 heterocycles. The summed E-state index contributed by atoms with van der Waals surface area (Å²) < 4.78 is 53.9. The van der Waals surface area contributed by atoms with Gasteiger partial charge in [-0.2, -0.15) is 8.42 Å². The molecule has 0 aromatic carbocycles. The highest BCUT2D eigenvalue weighted by Crippen LogP contribution is 2.24. The number of ether oxygens (including phenoxy) is 4. The Labute approximate surface area is 343 Å². The minimum Gasteiger partial charge on any atom is -0.462 e. The van der Waals surface area contributed by atoms with E-state index in [1.807, 2.05) is 0 Å². The van der Waals surface area contributed by atoms with Gasteiger partial charge in [0, 0.05) is 12.8 Å². The highest BCUT2D eigenvalue weighted by molar-refractivity contribution is 7.85. The Morgan fingerprint density at radius 1 is 0.614 bits per heavy atom. The van der Waals surface area contributed by atoms with Crippen LogP contribution >= 0.6 is 0 Å². The second-order valence-corrected chi connectivity index (χ2v) is 16.1. The molecule has 0 bridgehead atoms. The van der Waals surface area contributed by atoms with Gasteiger partial charge in [-0.25, -0.2) is 0 Å². The number of esters is 2. The molecule has 1 aliphatic heterocycles. The van der Waals surface area contributed by atoms with E-state index in [9.17, 15) is 37.9 Å². The molecule has 1 saturated heterocycles. The summed E-state index contributed by atoms with van der Waals surface area (Å²) in [7, 11) is -4.61. The molecule has 1 fully saturated rings. The Kier molecular flexibility index (Phi) is 31.5. The van der Waals surface area contributed by atoms with E-state index in [4.69, 9.17) is 18.9 Å². The number of carbonyl (C=O) groups excluding carboxylic acids is 2. The van der Waals surface area contributed by atoms with Gasteiger partial charge in [-0.15, -0.1) is 0 Å². The smallest absolute Gasteiger partial charge is 0.306 e. The third kappa shape index (κ3) is 29.2. The van der Waals surface area contributed by atoms with Crippen molar-refractivity contribution < 1.29 is 56.8 Å². The first-order valence-electron chi connectivity index (χ1n) is 21.3. The maximum absolute atomic E-state index is 12.8. The normalized spacial score (nSPS) is 21.1. The standard InChI is InChI=1S/C44H74O12S/c1-3-5-7-9-11-13-15-17-19-21-23-25-27-29-31-33-40(46)55-37(35-54-44-43(49)42(48)41(47)38(56-44)36-57(50,51)52)34-53-39(45)32-30-28-26-24-22-20-18-16-14-12-10-8-6-4-2/h5,7,10-13,16-19,37-38,41-44,47-49H,3-4,6,8-9,14-15,20-36H2,1-2H3,(H,50,51,52)/b7-5-,12-10-,13-11-,18-16-,19-17-. The Morgan fingerprint density at radius 3 is 1.65 bits per heavy atom. The molecule has 12 nitrogen and oxygen atoms in total. The van der Waals surface area contributed by atoms with Gasteiger partial charge in [0.25, 0.3) is 10.1 Å². The predicted octanol–water partition coefficient (Wildman–Crippen LogP) is 8.17. The van der Waals surface area contributed by atoms with Crippen LogP contribution in [0.1, 0.15) is 149 Å². The lowest BCUT2D eigenvalue weighted by molar-refractivity contribution is -0.297. The van der Waals surface area contributed by atoms with Crippen molar-refractivity contribution in [3.63, 3.8) is 0 Å². The summed E-state index contributed by atoms with van der Waals surface area (Å²) >= 11 is 0. The summed E-state index contributed by atoms with van der Waals surface area (Å²) in [6, 6.07) is 0. The molecule has 0 radical (unpaired) electrons. The van der Waals surface area contributed by atoms with Crippen molar-refractivity contribution in [1.29, 1.82) is 0 Å². The van der Waals surface area contributed by atoms with Crippen LogP contribution in [0.25, 0.3) is 0 Å². The number of hydrogen-bond acceptors (Lipinski definition) is 11. The van der Waals surface area contributed by atoms with Gasteiger partial charge < -0.3 is 34.3 Å². The van der Waals surface area contributed by atoms with Gasteiger partial charge in [0.05, 0.1) is 6.61 Å². The highest BCUT2D eigenvalue weighted by Gasteiger charge is 2.46. The summed E-state index contributed by atoms with van der Waals surface area (Å²) in [5.41, 5.74) is 0. The molecule has 1 rings (SSSR count). The number of aliphatic hydroxyl groups excluding tert-OH is 3. The number of unbranched alkanes of at least 4 members (excludes halogenated alkanes) is 12. The zero-order valence-electron chi connectivity index (χ0n) is 34.7. The topological polar surface area (TPSA) is 186 Å². The number of rotatable bonds is 34. The van der Waals surface area contributed by atoms with Crippen LogP contribution in [0.2, 0.25) is 0 Å². The van der Waals surface area contributed by atoms with Crippen molar-refractivity contribution in [2.75, 3.05) is 19.0 Å². The third-order valence-corrected chi connectivity index (χ3v) is 10.1. The van der Waals surface area contributed by atoms with Crippen LogP contribution in [0.3, 0.4) is 0 Å². The lowest BCUT2D eigenvalue weighted by atomic mass is 10.00. The van der Waals surface area contributed by atoms with E-state index in [0.717, 1.165) is 96.3 Å². The Morgan fingerprint density at radius 2 is 1.11 bits per heavy atom. The first-order chi connectivity index (χ1) is 27.5. The molecule has 328 valence electrons. The maximum atomic E-state index is 12.8. The van der Waals surface area contributed by atoms with Crippen molar-refractivity contribution in [2.24, 2.45) is 0 Å². The maximum Gasteiger partial charge on any atom is 0.306 e. The minimum absolute atomic E-state index is 0.139. The molecule has 0 aromatic rings. The van der Waals surface area contributed by atoms with Crippen LogP contribution in [-0.4, -0.2) is 96.0 Å². The fraction of sp³-hybridized carbons (Fsp3) is 0.727. The van der Waals surface area contributed by atoms with E-state index in [1.54, 1.807) is 0 Å². The van der Waals surface area contributed by atoms with E-state index in [2.05, 4.69) is 74.6 Å². The minimum atomic E-state index is -4.61. The molecule has 6 unspecified atom stereocenters. The zero-order chi connectivity index (χ0) is 42.0.